The minimum absolute atomic E-state index is 0.0349. The van der Waals surface area contributed by atoms with Crippen molar-refractivity contribution >= 4 is 81.9 Å². The number of para-hydroxylation sites is 2. The molecule has 0 saturated heterocycles. The van der Waals surface area contributed by atoms with Gasteiger partial charge in [0, 0.05) is 65.9 Å². The van der Waals surface area contributed by atoms with E-state index in [1.165, 1.54) is 24.3 Å². The van der Waals surface area contributed by atoms with Crippen molar-refractivity contribution in [1.29, 1.82) is 0 Å². The number of amides is 5. The number of hydrogen-bond donors (Lipinski definition) is 15. The number of thiol groups is 1. The third kappa shape index (κ3) is 15.6. The van der Waals surface area contributed by atoms with Crippen molar-refractivity contribution in [2.75, 3.05) is 18.8 Å². The fraction of sp³-hybridized carbons (Fsp3) is 0.348. The maximum absolute atomic E-state index is 14.7. The van der Waals surface area contributed by atoms with Crippen LogP contribution < -0.4 is 55.3 Å². The number of rotatable bonds is 26. The van der Waals surface area contributed by atoms with Crippen LogP contribution in [0.2, 0.25) is 0 Å². The molecule has 0 spiro atoms. The first-order valence-electron chi connectivity index (χ1n) is 22.1. The number of phenols is 1. The molecular weight excluding hydrogens is 909 g/mol. The molecule has 0 aliphatic heterocycles. The van der Waals surface area contributed by atoms with Gasteiger partial charge in [0.2, 0.25) is 29.5 Å². The highest BCUT2D eigenvalue weighted by atomic mass is 32.1. The molecule has 22 nitrogen and oxygen atoms in total. The van der Waals surface area contributed by atoms with Crippen molar-refractivity contribution in [2.45, 2.75) is 81.2 Å². The van der Waals surface area contributed by atoms with Crippen LogP contribution in [-0.2, 0) is 48.0 Å². The number of carboxylic acids is 1. The van der Waals surface area contributed by atoms with Gasteiger partial charge in [0.1, 0.15) is 36.0 Å². The quantitative estimate of drug-likeness (QED) is 0.0141. The third-order valence-electron chi connectivity index (χ3n) is 11.1. The molecule has 0 aliphatic rings. The maximum Gasteiger partial charge on any atom is 0.326 e. The van der Waals surface area contributed by atoms with Crippen molar-refractivity contribution in [2.24, 2.45) is 38.7 Å². The van der Waals surface area contributed by atoms with Gasteiger partial charge >= 0.3 is 5.97 Å². The number of phenolic OH excluding ortho intramolecular Hbond substituents is 1. The summed E-state index contributed by atoms with van der Waals surface area (Å²) in [5, 5.41) is 34.7. The second-order valence-electron chi connectivity index (χ2n) is 16.3. The first-order valence-corrected chi connectivity index (χ1v) is 22.8. The van der Waals surface area contributed by atoms with E-state index in [0.29, 0.717) is 11.1 Å². The minimum Gasteiger partial charge on any atom is -0.508 e. The molecule has 5 rings (SSSR count). The highest BCUT2D eigenvalue weighted by Crippen LogP contribution is 2.21. The Balaban J connectivity index is 1.40. The molecule has 5 aromatic rings. The molecule has 3 aromatic carbocycles. The van der Waals surface area contributed by atoms with Gasteiger partial charge in [-0.15, -0.1) is 0 Å². The standard InChI is InChI=1S/C46H60N14O8S/c47-31(20-26-22-54-32-9-3-1-7-29(26)32)39(62)56-34(11-5-17-52-45(48)49)40(63)59-37(21-27-23-55-33-10-4-2-8-30(27)33)42(65)58-36(19-25-13-15-28(61)16-14-25)41(64)60-38(24-69)43(66)57-35(44(67)68)12-6-18-53-46(50)51/h1-4,7-10,13-16,22-23,31,34-38,54-55,61,69H,5-6,11-12,17-21,24,47H2,(H,56,62)(H,57,66)(H,58,65)(H,59,63)(H,60,64)(H,67,68)(H4,48,49,52)(H4,50,51,53)/t31-,34-,35-,36-,37-,38-/m0/s1. The van der Waals surface area contributed by atoms with E-state index in [4.69, 9.17) is 28.7 Å². The molecule has 23 heteroatoms. The van der Waals surface area contributed by atoms with Gasteiger partial charge in [0.25, 0.3) is 0 Å². The van der Waals surface area contributed by atoms with Crippen LogP contribution in [0.4, 0.5) is 0 Å². The summed E-state index contributed by atoms with van der Waals surface area (Å²) in [4.78, 5) is 96.6. The highest BCUT2D eigenvalue weighted by molar-refractivity contribution is 7.80. The van der Waals surface area contributed by atoms with Crippen molar-refractivity contribution < 1.29 is 39.0 Å². The number of carbonyl (C=O) groups is 6. The lowest BCUT2D eigenvalue weighted by molar-refractivity contribution is -0.142. The molecule has 19 N–H and O–H groups in total. The number of nitrogens with zero attached hydrogens (tertiary/aromatic N) is 2. The average Bonchev–Trinajstić information content (AvgIpc) is 3.93. The zero-order valence-electron chi connectivity index (χ0n) is 37.7. The van der Waals surface area contributed by atoms with Gasteiger partial charge in [-0.3, -0.25) is 34.0 Å². The van der Waals surface area contributed by atoms with E-state index in [1.807, 2.05) is 48.5 Å². The van der Waals surface area contributed by atoms with Crippen LogP contribution in [0.15, 0.2) is 95.2 Å². The van der Waals surface area contributed by atoms with Gasteiger partial charge < -0.3 is 75.4 Å². The largest absolute Gasteiger partial charge is 0.508 e. The summed E-state index contributed by atoms with van der Waals surface area (Å²) in [6, 6.07) is 12.9. The number of guanidine groups is 2. The number of aromatic nitrogens is 2. The minimum atomic E-state index is -1.41. The lowest BCUT2D eigenvalue weighted by atomic mass is 10.0. The number of aromatic amines is 2. The van der Waals surface area contributed by atoms with E-state index in [0.717, 1.165) is 27.4 Å². The molecule has 0 bridgehead atoms. The van der Waals surface area contributed by atoms with Crippen LogP contribution >= 0.6 is 12.6 Å². The SMILES string of the molecule is NC(N)=NCCC[C@H](NC(=O)[C@H](CS)NC(=O)[C@H](Cc1ccc(O)cc1)NC(=O)[C@H](Cc1c[nH]c2ccccc12)NC(=O)[C@H](CCCN=C(N)N)NC(=O)[C@@H](N)Cc1c[nH]c2ccccc12)C(=O)O. The Morgan fingerprint density at radius 2 is 1.00 bits per heavy atom. The second kappa shape index (κ2) is 25.4. The molecule has 0 saturated carbocycles. The van der Waals surface area contributed by atoms with Gasteiger partial charge in [-0.05, 0) is 73.1 Å². The molecule has 2 aromatic heterocycles. The average molecular weight is 969 g/mol. The number of aliphatic imine (C=N–C) groups is 2. The molecule has 0 radical (unpaired) electrons. The van der Waals surface area contributed by atoms with E-state index in [2.05, 4.69) is 59.2 Å². The predicted octanol–water partition coefficient (Wildman–Crippen LogP) is -0.744. The summed E-state index contributed by atoms with van der Waals surface area (Å²) in [6.07, 6.45) is 3.81. The number of hydrogen-bond acceptors (Lipinski definition) is 11. The molecule has 6 atom stereocenters. The molecule has 0 aliphatic carbocycles. The van der Waals surface area contributed by atoms with Crippen LogP contribution in [-0.4, -0.2) is 123 Å². The Morgan fingerprint density at radius 3 is 1.52 bits per heavy atom. The number of nitrogens with one attached hydrogen (secondary N) is 7. The molecular formula is C46H60N14O8S. The van der Waals surface area contributed by atoms with E-state index >= 15 is 0 Å². The van der Waals surface area contributed by atoms with Gasteiger partial charge in [-0.1, -0.05) is 48.5 Å². The van der Waals surface area contributed by atoms with Crippen LogP contribution in [0.3, 0.4) is 0 Å². The summed E-state index contributed by atoms with van der Waals surface area (Å²) in [5.41, 5.74) is 31.8. The molecule has 0 unspecified atom stereocenters. The number of carbonyl (C=O) groups excluding carboxylic acids is 5. The molecule has 368 valence electrons. The monoisotopic (exact) mass is 968 g/mol. The Labute approximate surface area is 402 Å². The highest BCUT2D eigenvalue weighted by Gasteiger charge is 2.33. The summed E-state index contributed by atoms with van der Waals surface area (Å²) >= 11 is 4.25. The smallest absolute Gasteiger partial charge is 0.326 e. The number of aliphatic carboxylic acids is 1. The Hall–Kier alpha value is -7.79. The number of carboxylic acid groups (broad SMARTS) is 1. The first kappa shape index (κ1) is 52.2. The summed E-state index contributed by atoms with van der Waals surface area (Å²) in [7, 11) is 0. The Kier molecular flexibility index (Phi) is 19.2. The van der Waals surface area contributed by atoms with Gasteiger partial charge in [-0.2, -0.15) is 12.6 Å². The van der Waals surface area contributed by atoms with E-state index in [-0.39, 0.29) is 81.5 Å². The van der Waals surface area contributed by atoms with E-state index in [1.54, 1.807) is 12.4 Å². The van der Waals surface area contributed by atoms with E-state index < -0.39 is 71.8 Å². The van der Waals surface area contributed by atoms with Gasteiger partial charge in [0.05, 0.1) is 6.04 Å². The third-order valence-corrected chi connectivity index (χ3v) is 11.5. The van der Waals surface area contributed by atoms with Crippen molar-refractivity contribution in [1.82, 2.24) is 36.6 Å². The zero-order chi connectivity index (χ0) is 50.0. The van der Waals surface area contributed by atoms with Crippen molar-refractivity contribution in [3.63, 3.8) is 0 Å². The normalized spacial score (nSPS) is 13.7. The van der Waals surface area contributed by atoms with Crippen molar-refractivity contribution in [3.05, 3.63) is 102 Å². The molecule has 5 amide bonds. The summed E-state index contributed by atoms with van der Waals surface area (Å²) in [6.45, 7) is 0.239. The summed E-state index contributed by atoms with van der Waals surface area (Å²) < 4.78 is 0. The second-order valence-corrected chi connectivity index (χ2v) is 16.7. The first-order chi connectivity index (χ1) is 33.0. The van der Waals surface area contributed by atoms with Crippen molar-refractivity contribution in [3.8, 4) is 5.75 Å². The fourth-order valence-electron chi connectivity index (χ4n) is 7.53. The zero-order valence-corrected chi connectivity index (χ0v) is 38.6. The summed E-state index contributed by atoms with van der Waals surface area (Å²) in [5.74, 6) is -5.89. The molecule has 2 heterocycles. The topological polar surface area (TPSA) is 389 Å². The lowest BCUT2D eigenvalue weighted by Crippen LogP contribution is -2.60. The van der Waals surface area contributed by atoms with Crippen LogP contribution in [0.25, 0.3) is 21.8 Å². The Bertz CT molecular complexity index is 2630. The number of H-pyrrole nitrogens is 2. The number of benzene rings is 3. The van der Waals surface area contributed by atoms with Crippen LogP contribution in [0, 0.1) is 0 Å². The molecule has 0 fully saturated rings. The predicted molar refractivity (Wildman–Crippen MR) is 265 cm³/mol. The maximum atomic E-state index is 14.7. The molecule has 69 heavy (non-hydrogen) atoms. The fourth-order valence-corrected chi connectivity index (χ4v) is 7.79. The lowest BCUT2D eigenvalue weighted by Gasteiger charge is -2.27. The number of nitrogens with two attached hydrogens (primary N) is 5. The number of fused-ring (bicyclic) bond motifs is 2. The Morgan fingerprint density at radius 1 is 0.565 bits per heavy atom. The van der Waals surface area contributed by atoms with Gasteiger partial charge in [0.15, 0.2) is 11.9 Å². The van der Waals surface area contributed by atoms with Gasteiger partial charge in [-0.25, -0.2) is 4.79 Å². The van der Waals surface area contributed by atoms with Crippen LogP contribution in [0.1, 0.15) is 42.4 Å². The number of aromatic hydroxyl groups is 1. The van der Waals surface area contributed by atoms with Crippen LogP contribution in [0.5, 0.6) is 5.75 Å². The van der Waals surface area contributed by atoms with E-state index in [9.17, 15) is 39.0 Å².